The van der Waals surface area contributed by atoms with Gasteiger partial charge in [0.15, 0.2) is 17.5 Å². The lowest BCUT2D eigenvalue weighted by molar-refractivity contribution is -0.184. The van der Waals surface area contributed by atoms with Gasteiger partial charge in [0, 0.05) is 42.6 Å². The predicted molar refractivity (Wildman–Crippen MR) is 147 cm³/mol. The Balaban J connectivity index is 1.23. The number of alkyl carbamates (subject to hydrolysis) is 1. The third-order valence-corrected chi connectivity index (χ3v) is 6.64. The quantitative estimate of drug-likeness (QED) is 0.129. The number of nitrogens with one attached hydrogen (secondary N) is 3. The average Bonchev–Trinajstić information content (AvgIpc) is 3.36. The Kier molecular flexibility index (Phi) is 8.97. The number of benzene rings is 2. The highest BCUT2D eigenvalue weighted by Gasteiger charge is 2.47. The van der Waals surface area contributed by atoms with Crippen LogP contribution in [0.4, 0.5) is 4.79 Å². The summed E-state index contributed by atoms with van der Waals surface area (Å²) >= 11 is 0. The lowest BCUT2D eigenvalue weighted by Gasteiger charge is -2.32. The van der Waals surface area contributed by atoms with Crippen LogP contribution in [-0.2, 0) is 4.74 Å². The van der Waals surface area contributed by atoms with E-state index in [1.54, 1.807) is 48.5 Å². The fraction of sp³-hybridized carbons (Fsp3) is 0.370. The molecule has 2 aromatic carbocycles. The largest absolute Gasteiger partial charge is 0.447 e. The van der Waals surface area contributed by atoms with Gasteiger partial charge in [-0.1, -0.05) is 42.5 Å². The van der Waals surface area contributed by atoms with Crippen molar-refractivity contribution in [3.05, 3.63) is 71.3 Å². The smallest absolute Gasteiger partial charge is 0.407 e. The van der Waals surface area contributed by atoms with Crippen molar-refractivity contribution >= 4 is 29.6 Å². The number of ether oxygens (including phenoxy) is 1. The van der Waals surface area contributed by atoms with Gasteiger partial charge < -0.3 is 42.4 Å². The van der Waals surface area contributed by atoms with E-state index in [2.05, 4.69) is 25.9 Å². The van der Waals surface area contributed by atoms with Gasteiger partial charge in [-0.05, 0) is 18.6 Å². The van der Waals surface area contributed by atoms with Gasteiger partial charge in [0.25, 0.3) is 5.91 Å². The van der Waals surface area contributed by atoms with E-state index in [4.69, 9.17) is 16.2 Å². The maximum absolute atomic E-state index is 12.5. The van der Waals surface area contributed by atoms with Crippen molar-refractivity contribution in [2.75, 3.05) is 19.7 Å². The zero-order valence-electron chi connectivity index (χ0n) is 21.7. The first kappa shape index (κ1) is 28.5. The molecule has 0 fully saturated rings. The van der Waals surface area contributed by atoms with Crippen LogP contribution in [-0.4, -0.2) is 83.4 Å². The van der Waals surface area contributed by atoms with E-state index in [9.17, 15) is 24.6 Å². The maximum atomic E-state index is 12.5. The number of nitrogens with zero attached hydrogens (tertiary/aromatic N) is 2. The van der Waals surface area contributed by atoms with Crippen LogP contribution >= 0.6 is 0 Å². The predicted octanol–water partition coefficient (Wildman–Crippen LogP) is -0.381. The van der Waals surface area contributed by atoms with Gasteiger partial charge in [-0.3, -0.25) is 14.6 Å². The van der Waals surface area contributed by atoms with Crippen molar-refractivity contribution in [2.45, 2.75) is 43.2 Å². The molecular formula is C27H33N7O6. The van der Waals surface area contributed by atoms with E-state index in [0.717, 1.165) is 0 Å². The number of hydrogen-bond donors (Lipinski definition) is 7. The summed E-state index contributed by atoms with van der Waals surface area (Å²) in [5.41, 5.74) is 13.1. The Morgan fingerprint density at radius 2 is 1.60 bits per heavy atom. The highest BCUT2D eigenvalue weighted by molar-refractivity contribution is 6.09. The van der Waals surface area contributed by atoms with Crippen LogP contribution in [0.25, 0.3) is 0 Å². The third kappa shape index (κ3) is 7.12. The van der Waals surface area contributed by atoms with E-state index in [0.29, 0.717) is 29.5 Å². The van der Waals surface area contributed by atoms with E-state index < -0.39 is 30.0 Å². The van der Waals surface area contributed by atoms with Crippen molar-refractivity contribution in [3.63, 3.8) is 0 Å². The molecule has 9 N–H and O–H groups in total. The number of fused-ring (bicyclic) bond motifs is 1. The molecule has 2 aliphatic rings. The highest BCUT2D eigenvalue weighted by Crippen LogP contribution is 2.28. The second kappa shape index (κ2) is 12.6. The summed E-state index contributed by atoms with van der Waals surface area (Å²) in [5, 5.41) is 29.1. The van der Waals surface area contributed by atoms with Gasteiger partial charge in [0.1, 0.15) is 18.7 Å². The molecule has 0 aliphatic carbocycles. The van der Waals surface area contributed by atoms with Crippen molar-refractivity contribution in [3.8, 4) is 0 Å². The van der Waals surface area contributed by atoms with E-state index in [1.807, 2.05) is 6.07 Å². The molecule has 2 aliphatic heterocycles. The summed E-state index contributed by atoms with van der Waals surface area (Å²) in [5.74, 6) is -2.31. The minimum Gasteiger partial charge on any atom is -0.447 e. The van der Waals surface area contributed by atoms with Gasteiger partial charge in [0.2, 0.25) is 0 Å². The van der Waals surface area contributed by atoms with Crippen molar-refractivity contribution < 1.29 is 29.3 Å². The maximum Gasteiger partial charge on any atom is 0.407 e. The Hall–Kier alpha value is -4.49. The highest BCUT2D eigenvalue weighted by atomic mass is 16.5. The van der Waals surface area contributed by atoms with Crippen LogP contribution in [0.3, 0.4) is 0 Å². The fourth-order valence-corrected chi connectivity index (χ4v) is 4.57. The van der Waals surface area contributed by atoms with Crippen LogP contribution in [0.5, 0.6) is 0 Å². The normalized spacial score (nSPS) is 21.7. The number of amides is 2. The first-order chi connectivity index (χ1) is 19.1. The standard InChI is InChI=1S/C27H33N7O6/c28-20-7-4-12-27(38,39)23-21(33-25(29)34-23)19(32-20)15-40-26(37)31-14-13-30-24(36)18-10-8-17(9-11-18)22(35)16-5-2-1-3-6-16/h1-3,5-6,8-11,19,21,23,38-39H,4,7,12-15H2,(H2,28,32)(H,30,36)(H,31,37)(H3,29,33,34). The van der Waals surface area contributed by atoms with Gasteiger partial charge in [-0.15, -0.1) is 0 Å². The van der Waals surface area contributed by atoms with Gasteiger partial charge in [-0.2, -0.15) is 0 Å². The minimum absolute atomic E-state index is 0.0264. The number of rotatable bonds is 8. The summed E-state index contributed by atoms with van der Waals surface area (Å²) in [6, 6.07) is 12.6. The van der Waals surface area contributed by atoms with Crippen molar-refractivity contribution in [1.29, 1.82) is 0 Å². The van der Waals surface area contributed by atoms with Gasteiger partial charge in [-0.25, -0.2) is 9.79 Å². The fourth-order valence-electron chi connectivity index (χ4n) is 4.57. The molecule has 2 aromatic rings. The lowest BCUT2D eigenvalue weighted by atomic mass is 9.92. The monoisotopic (exact) mass is 551 g/mol. The van der Waals surface area contributed by atoms with Crippen LogP contribution < -0.4 is 27.4 Å². The average molecular weight is 552 g/mol. The number of carbonyl (C=O) groups is 3. The SMILES string of the molecule is NC1=NC(COC(=O)NCCNC(=O)c2ccc(C(=O)c3ccccc3)cc2)C2NC(N)=NC2C(O)(O)CCC1. The van der Waals surface area contributed by atoms with E-state index in [1.165, 1.54) is 0 Å². The molecule has 0 spiro atoms. The number of ketones is 1. The van der Waals surface area contributed by atoms with Crippen LogP contribution in [0.1, 0.15) is 45.5 Å². The zero-order valence-corrected chi connectivity index (χ0v) is 21.7. The molecule has 13 heteroatoms. The van der Waals surface area contributed by atoms with Crippen LogP contribution in [0.2, 0.25) is 0 Å². The third-order valence-electron chi connectivity index (χ3n) is 6.64. The summed E-state index contributed by atoms with van der Waals surface area (Å²) < 4.78 is 5.29. The number of nitrogens with two attached hydrogens (primary N) is 2. The summed E-state index contributed by atoms with van der Waals surface area (Å²) in [6.07, 6.45) is 0.00000741. The number of guanidine groups is 1. The minimum atomic E-state index is -2.13. The van der Waals surface area contributed by atoms with Gasteiger partial charge in [0.05, 0.1) is 11.9 Å². The molecule has 0 saturated heterocycles. The molecular weight excluding hydrogens is 518 g/mol. The molecule has 212 valence electrons. The molecule has 4 rings (SSSR count). The number of hydrogen-bond acceptors (Lipinski definition) is 11. The van der Waals surface area contributed by atoms with E-state index in [-0.39, 0.29) is 49.6 Å². The molecule has 3 atom stereocenters. The molecule has 2 heterocycles. The Bertz CT molecular complexity index is 1280. The van der Waals surface area contributed by atoms with Crippen LogP contribution in [0, 0.1) is 0 Å². The number of carbonyl (C=O) groups excluding carboxylic acids is 3. The molecule has 0 radical (unpaired) electrons. The zero-order chi connectivity index (χ0) is 28.7. The van der Waals surface area contributed by atoms with Crippen LogP contribution in [0.15, 0.2) is 64.6 Å². The summed E-state index contributed by atoms with van der Waals surface area (Å²) in [7, 11) is 0. The molecule has 2 amide bonds. The molecule has 3 unspecified atom stereocenters. The second-order valence-electron chi connectivity index (χ2n) is 9.60. The molecule has 0 saturated carbocycles. The number of amidine groups is 1. The summed E-state index contributed by atoms with van der Waals surface area (Å²) in [6.45, 7) is -0.0106. The van der Waals surface area contributed by atoms with Gasteiger partial charge >= 0.3 is 6.09 Å². The number of aliphatic hydroxyl groups is 2. The van der Waals surface area contributed by atoms with Crippen molar-refractivity contribution in [1.82, 2.24) is 16.0 Å². The molecule has 40 heavy (non-hydrogen) atoms. The lowest BCUT2D eigenvalue weighted by Crippen LogP contribution is -2.55. The second-order valence-corrected chi connectivity index (χ2v) is 9.60. The number of aliphatic imine (C=N–C) groups is 2. The summed E-state index contributed by atoms with van der Waals surface area (Å²) in [4.78, 5) is 45.7. The molecule has 0 bridgehead atoms. The first-order valence-electron chi connectivity index (χ1n) is 12.9. The first-order valence-corrected chi connectivity index (χ1v) is 12.9. The van der Waals surface area contributed by atoms with Crippen molar-refractivity contribution in [2.24, 2.45) is 21.5 Å². The molecule has 13 nitrogen and oxygen atoms in total. The molecule has 0 aromatic heterocycles. The Morgan fingerprint density at radius 1 is 0.950 bits per heavy atom. The topological polar surface area (TPSA) is 214 Å². The Morgan fingerprint density at radius 3 is 2.33 bits per heavy atom. The Labute approximate surface area is 230 Å². The van der Waals surface area contributed by atoms with E-state index >= 15 is 0 Å².